The summed E-state index contributed by atoms with van der Waals surface area (Å²) >= 11 is 10.3. The van der Waals surface area contributed by atoms with Crippen LogP contribution in [0.3, 0.4) is 0 Å². The molecule has 0 bridgehead atoms. The molecule has 2 nitrogen and oxygen atoms in total. The van der Waals surface area contributed by atoms with Crippen molar-refractivity contribution >= 4 is 47.8 Å². The van der Waals surface area contributed by atoms with Crippen LogP contribution in [-0.2, 0) is 0 Å². The molecule has 0 fully saturated rings. The van der Waals surface area contributed by atoms with E-state index in [1.165, 1.54) is 0 Å². The van der Waals surface area contributed by atoms with Gasteiger partial charge in [-0.3, -0.25) is 0 Å². The predicted molar refractivity (Wildman–Crippen MR) is 73.6 cm³/mol. The van der Waals surface area contributed by atoms with Crippen molar-refractivity contribution in [1.29, 1.82) is 0 Å². The van der Waals surface area contributed by atoms with Gasteiger partial charge in [0.25, 0.3) is 0 Å². The van der Waals surface area contributed by atoms with Gasteiger partial charge in [0.2, 0.25) is 0 Å². The summed E-state index contributed by atoms with van der Waals surface area (Å²) in [6.45, 7) is 4.55. The molecule has 0 amide bonds. The standard InChI is InChI=1S/C10H12Br3NO/c1-2-14-3-4-15-10-8(12)5-7(11)6-9(10)13/h5-6,14H,2-4H2,1H3. The first-order valence-electron chi connectivity index (χ1n) is 4.63. The molecule has 1 aromatic carbocycles. The van der Waals surface area contributed by atoms with E-state index in [1.807, 2.05) is 12.1 Å². The summed E-state index contributed by atoms with van der Waals surface area (Å²) in [5.74, 6) is 0.844. The maximum Gasteiger partial charge on any atom is 0.147 e. The van der Waals surface area contributed by atoms with Crippen molar-refractivity contribution in [3.05, 3.63) is 25.6 Å². The first kappa shape index (κ1) is 13.5. The molecular formula is C10H12Br3NO. The van der Waals surface area contributed by atoms with Crippen LogP contribution in [0, 0.1) is 0 Å². The van der Waals surface area contributed by atoms with Gasteiger partial charge in [0.1, 0.15) is 12.4 Å². The van der Waals surface area contributed by atoms with Gasteiger partial charge in [-0.1, -0.05) is 22.9 Å². The zero-order valence-corrected chi connectivity index (χ0v) is 13.1. The quantitative estimate of drug-likeness (QED) is 0.754. The molecule has 0 saturated carbocycles. The van der Waals surface area contributed by atoms with Crippen molar-refractivity contribution in [3.63, 3.8) is 0 Å². The van der Waals surface area contributed by atoms with Crippen molar-refractivity contribution in [2.24, 2.45) is 0 Å². The van der Waals surface area contributed by atoms with Gasteiger partial charge >= 0.3 is 0 Å². The maximum atomic E-state index is 5.65. The van der Waals surface area contributed by atoms with E-state index in [9.17, 15) is 0 Å². The molecule has 0 aliphatic carbocycles. The lowest BCUT2D eigenvalue weighted by Gasteiger charge is -2.10. The molecule has 5 heteroatoms. The predicted octanol–water partition coefficient (Wildman–Crippen LogP) is 3.96. The minimum absolute atomic E-state index is 0.659. The first-order chi connectivity index (χ1) is 7.15. The Balaban J connectivity index is 2.60. The molecule has 0 atom stereocenters. The fourth-order valence-corrected chi connectivity index (χ4v) is 3.56. The van der Waals surface area contributed by atoms with Gasteiger partial charge in [0.15, 0.2) is 0 Å². The van der Waals surface area contributed by atoms with Gasteiger partial charge in [-0.2, -0.15) is 0 Å². The molecule has 1 N–H and O–H groups in total. The van der Waals surface area contributed by atoms with E-state index in [-0.39, 0.29) is 0 Å². The minimum Gasteiger partial charge on any atom is -0.490 e. The molecule has 0 aliphatic rings. The monoisotopic (exact) mass is 399 g/mol. The average molecular weight is 402 g/mol. The summed E-state index contributed by atoms with van der Waals surface area (Å²) in [6.07, 6.45) is 0. The first-order valence-corrected chi connectivity index (χ1v) is 7.01. The van der Waals surface area contributed by atoms with Crippen molar-refractivity contribution in [2.75, 3.05) is 19.7 Å². The summed E-state index contributed by atoms with van der Waals surface area (Å²) in [7, 11) is 0. The number of hydrogen-bond donors (Lipinski definition) is 1. The fraction of sp³-hybridized carbons (Fsp3) is 0.400. The van der Waals surface area contributed by atoms with E-state index in [0.717, 1.165) is 32.3 Å². The van der Waals surface area contributed by atoms with Crippen LogP contribution < -0.4 is 10.1 Å². The molecule has 1 aromatic rings. The Hall–Kier alpha value is 0.420. The van der Waals surface area contributed by atoms with Crippen LogP contribution in [-0.4, -0.2) is 19.7 Å². The van der Waals surface area contributed by atoms with E-state index in [0.29, 0.717) is 6.61 Å². The summed E-state index contributed by atoms with van der Waals surface area (Å²) in [5, 5.41) is 3.20. The number of nitrogens with one attached hydrogen (secondary N) is 1. The smallest absolute Gasteiger partial charge is 0.147 e. The Morgan fingerprint density at radius 3 is 2.33 bits per heavy atom. The Morgan fingerprint density at radius 2 is 1.80 bits per heavy atom. The Bertz CT molecular complexity index is 307. The molecule has 0 spiro atoms. The summed E-state index contributed by atoms with van der Waals surface area (Å²) < 4.78 is 8.55. The third-order valence-electron chi connectivity index (χ3n) is 1.74. The van der Waals surface area contributed by atoms with Crippen LogP contribution >= 0.6 is 47.8 Å². The van der Waals surface area contributed by atoms with E-state index in [1.54, 1.807) is 0 Å². The van der Waals surface area contributed by atoms with Crippen molar-refractivity contribution < 1.29 is 4.74 Å². The number of likely N-dealkylation sites (N-methyl/N-ethyl adjacent to an activating group) is 1. The van der Waals surface area contributed by atoms with Crippen molar-refractivity contribution in [3.8, 4) is 5.75 Å². The summed E-state index contributed by atoms with van der Waals surface area (Å²) in [6, 6.07) is 3.93. The molecule has 0 unspecified atom stereocenters. The van der Waals surface area contributed by atoms with Crippen molar-refractivity contribution in [1.82, 2.24) is 5.32 Å². The van der Waals surface area contributed by atoms with Crippen LogP contribution in [0.15, 0.2) is 25.6 Å². The van der Waals surface area contributed by atoms with Crippen LogP contribution in [0.2, 0.25) is 0 Å². The fourth-order valence-electron chi connectivity index (χ4n) is 1.07. The molecule has 84 valence electrons. The minimum atomic E-state index is 0.659. The topological polar surface area (TPSA) is 21.3 Å². The molecule has 0 aliphatic heterocycles. The zero-order chi connectivity index (χ0) is 11.3. The molecule has 15 heavy (non-hydrogen) atoms. The normalized spacial score (nSPS) is 10.4. The Morgan fingerprint density at radius 1 is 1.20 bits per heavy atom. The van der Waals surface area contributed by atoms with Crippen LogP contribution in [0.4, 0.5) is 0 Å². The van der Waals surface area contributed by atoms with E-state index in [4.69, 9.17) is 4.74 Å². The maximum absolute atomic E-state index is 5.65. The van der Waals surface area contributed by atoms with Gasteiger partial charge in [-0.15, -0.1) is 0 Å². The lowest BCUT2D eigenvalue weighted by molar-refractivity contribution is 0.311. The molecule has 0 heterocycles. The van der Waals surface area contributed by atoms with E-state index in [2.05, 4.69) is 60.0 Å². The summed E-state index contributed by atoms with van der Waals surface area (Å²) in [5.41, 5.74) is 0. The number of halogens is 3. The van der Waals surface area contributed by atoms with Crippen LogP contribution in [0.1, 0.15) is 6.92 Å². The number of hydrogen-bond acceptors (Lipinski definition) is 2. The second kappa shape index (κ2) is 6.89. The highest BCUT2D eigenvalue weighted by atomic mass is 79.9. The van der Waals surface area contributed by atoms with Gasteiger partial charge in [-0.05, 0) is 50.5 Å². The SMILES string of the molecule is CCNCCOc1c(Br)cc(Br)cc1Br. The lowest BCUT2D eigenvalue weighted by atomic mass is 10.3. The molecule has 0 radical (unpaired) electrons. The highest BCUT2D eigenvalue weighted by molar-refractivity contribution is 9.11. The number of rotatable bonds is 5. The average Bonchev–Trinajstić information content (AvgIpc) is 2.15. The molecule has 0 aromatic heterocycles. The largest absolute Gasteiger partial charge is 0.490 e. The number of ether oxygens (including phenoxy) is 1. The third-order valence-corrected chi connectivity index (χ3v) is 3.37. The van der Waals surface area contributed by atoms with Crippen LogP contribution in [0.25, 0.3) is 0 Å². The van der Waals surface area contributed by atoms with Crippen LogP contribution in [0.5, 0.6) is 5.75 Å². The van der Waals surface area contributed by atoms with Gasteiger partial charge in [0, 0.05) is 11.0 Å². The Labute approximate surface area is 115 Å². The van der Waals surface area contributed by atoms with E-state index >= 15 is 0 Å². The molecule has 0 saturated heterocycles. The van der Waals surface area contributed by atoms with Gasteiger partial charge in [-0.25, -0.2) is 0 Å². The lowest BCUT2D eigenvalue weighted by Crippen LogP contribution is -2.20. The summed E-state index contributed by atoms with van der Waals surface area (Å²) in [4.78, 5) is 0. The second-order valence-corrected chi connectivity index (χ2v) is 5.52. The third kappa shape index (κ3) is 4.43. The second-order valence-electron chi connectivity index (χ2n) is 2.90. The highest BCUT2D eigenvalue weighted by Crippen LogP contribution is 2.36. The van der Waals surface area contributed by atoms with Gasteiger partial charge in [0.05, 0.1) is 8.95 Å². The van der Waals surface area contributed by atoms with E-state index < -0.39 is 0 Å². The molecule has 1 rings (SSSR count). The van der Waals surface area contributed by atoms with Gasteiger partial charge < -0.3 is 10.1 Å². The highest BCUT2D eigenvalue weighted by Gasteiger charge is 2.07. The Kier molecular flexibility index (Phi) is 6.19. The zero-order valence-electron chi connectivity index (χ0n) is 8.32. The molecular weight excluding hydrogens is 390 g/mol. The van der Waals surface area contributed by atoms with Crippen molar-refractivity contribution in [2.45, 2.75) is 6.92 Å². The number of benzene rings is 1.